The standard InChI is InChI=1S/C15H18N2O3S/c1-3-16-6-11-4-14-15(20-9-19-14)5-13(11)18-8-12-7-17-10(2)21-12/h4-5,7,16H,3,6,8-9H2,1-2H3. The van der Waals surface area contributed by atoms with Crippen molar-refractivity contribution in [2.45, 2.75) is 27.0 Å². The summed E-state index contributed by atoms with van der Waals surface area (Å²) in [7, 11) is 0. The Hall–Kier alpha value is -1.79. The molecule has 0 unspecified atom stereocenters. The van der Waals surface area contributed by atoms with E-state index in [0.29, 0.717) is 6.61 Å². The summed E-state index contributed by atoms with van der Waals surface area (Å²) in [5, 5.41) is 4.36. The molecule has 21 heavy (non-hydrogen) atoms. The second-order valence-electron chi connectivity index (χ2n) is 4.73. The molecule has 2 aromatic rings. The summed E-state index contributed by atoms with van der Waals surface area (Å²) in [5.74, 6) is 2.35. The van der Waals surface area contributed by atoms with Crippen molar-refractivity contribution in [3.05, 3.63) is 33.8 Å². The highest BCUT2D eigenvalue weighted by atomic mass is 32.1. The lowest BCUT2D eigenvalue weighted by atomic mass is 10.1. The quantitative estimate of drug-likeness (QED) is 0.889. The van der Waals surface area contributed by atoms with Crippen LogP contribution in [0.25, 0.3) is 0 Å². The zero-order valence-electron chi connectivity index (χ0n) is 12.1. The first-order valence-corrected chi connectivity index (χ1v) is 7.75. The Kier molecular flexibility index (Phi) is 4.26. The minimum Gasteiger partial charge on any atom is -0.488 e. The van der Waals surface area contributed by atoms with Gasteiger partial charge in [0.2, 0.25) is 6.79 Å². The molecular weight excluding hydrogens is 288 g/mol. The lowest BCUT2D eigenvalue weighted by molar-refractivity contribution is 0.173. The molecule has 0 saturated carbocycles. The molecule has 5 nitrogen and oxygen atoms in total. The summed E-state index contributed by atoms with van der Waals surface area (Å²) in [4.78, 5) is 5.35. The number of benzene rings is 1. The van der Waals surface area contributed by atoms with Crippen molar-refractivity contribution in [1.82, 2.24) is 10.3 Å². The molecule has 0 bridgehead atoms. The van der Waals surface area contributed by atoms with Gasteiger partial charge in [0.05, 0.1) is 9.88 Å². The van der Waals surface area contributed by atoms with E-state index in [0.717, 1.165) is 45.8 Å². The second-order valence-corrected chi connectivity index (χ2v) is 6.05. The minimum atomic E-state index is 0.271. The third kappa shape index (κ3) is 3.28. The first-order valence-electron chi connectivity index (χ1n) is 6.93. The Bertz CT molecular complexity index is 627. The predicted molar refractivity (Wildman–Crippen MR) is 81.1 cm³/mol. The van der Waals surface area contributed by atoms with Crippen molar-refractivity contribution >= 4 is 11.3 Å². The van der Waals surface area contributed by atoms with Crippen LogP contribution in [0.1, 0.15) is 22.4 Å². The third-order valence-corrected chi connectivity index (χ3v) is 4.05. The number of aryl methyl sites for hydroxylation is 1. The molecule has 0 atom stereocenters. The van der Waals surface area contributed by atoms with Gasteiger partial charge in [0.1, 0.15) is 12.4 Å². The van der Waals surface area contributed by atoms with E-state index in [1.807, 2.05) is 25.3 Å². The van der Waals surface area contributed by atoms with Crippen molar-refractivity contribution in [2.24, 2.45) is 0 Å². The number of fused-ring (bicyclic) bond motifs is 1. The number of ether oxygens (including phenoxy) is 3. The van der Waals surface area contributed by atoms with Gasteiger partial charge in [-0.2, -0.15) is 0 Å². The van der Waals surface area contributed by atoms with Gasteiger partial charge in [-0.05, 0) is 19.5 Å². The second kappa shape index (κ2) is 6.32. The van der Waals surface area contributed by atoms with Crippen LogP contribution >= 0.6 is 11.3 Å². The van der Waals surface area contributed by atoms with E-state index >= 15 is 0 Å². The molecule has 1 aliphatic rings. The maximum atomic E-state index is 5.95. The Morgan fingerprint density at radius 2 is 2.14 bits per heavy atom. The van der Waals surface area contributed by atoms with Crippen LogP contribution in [0, 0.1) is 6.92 Å². The van der Waals surface area contributed by atoms with Gasteiger partial charge in [-0.25, -0.2) is 4.98 Å². The smallest absolute Gasteiger partial charge is 0.231 e. The molecule has 3 rings (SSSR count). The Morgan fingerprint density at radius 3 is 2.86 bits per heavy atom. The molecule has 0 amide bonds. The van der Waals surface area contributed by atoms with Crippen molar-refractivity contribution in [3.63, 3.8) is 0 Å². The molecule has 1 aromatic carbocycles. The Morgan fingerprint density at radius 1 is 1.33 bits per heavy atom. The fraction of sp³-hybridized carbons (Fsp3) is 0.400. The van der Waals surface area contributed by atoms with Crippen molar-refractivity contribution in [2.75, 3.05) is 13.3 Å². The predicted octanol–water partition coefficient (Wildman–Crippen LogP) is 2.87. The van der Waals surface area contributed by atoms with Crippen LogP contribution in [-0.2, 0) is 13.2 Å². The summed E-state index contributed by atoms with van der Waals surface area (Å²) >= 11 is 1.65. The molecule has 1 N–H and O–H groups in total. The molecule has 0 spiro atoms. The maximum absolute atomic E-state index is 5.95. The minimum absolute atomic E-state index is 0.271. The van der Waals surface area contributed by atoms with Gasteiger partial charge >= 0.3 is 0 Å². The molecule has 2 heterocycles. The maximum Gasteiger partial charge on any atom is 0.231 e. The first-order chi connectivity index (χ1) is 10.3. The molecule has 0 aliphatic carbocycles. The van der Waals surface area contributed by atoms with E-state index in [2.05, 4.69) is 17.2 Å². The van der Waals surface area contributed by atoms with Gasteiger partial charge in [-0.3, -0.25) is 0 Å². The molecule has 0 fully saturated rings. The lowest BCUT2D eigenvalue weighted by Crippen LogP contribution is -2.12. The number of rotatable bonds is 6. The normalized spacial score (nSPS) is 12.7. The lowest BCUT2D eigenvalue weighted by Gasteiger charge is -2.12. The van der Waals surface area contributed by atoms with Crippen LogP contribution in [-0.4, -0.2) is 18.3 Å². The first kappa shape index (κ1) is 14.2. The zero-order chi connectivity index (χ0) is 14.7. The Labute approximate surface area is 127 Å². The van der Waals surface area contributed by atoms with E-state index in [1.165, 1.54) is 0 Å². The van der Waals surface area contributed by atoms with Crippen LogP contribution in [0.5, 0.6) is 17.2 Å². The molecule has 0 radical (unpaired) electrons. The van der Waals surface area contributed by atoms with Crippen molar-refractivity contribution < 1.29 is 14.2 Å². The number of hydrogen-bond donors (Lipinski definition) is 1. The number of aromatic nitrogens is 1. The number of thiazole rings is 1. The van der Waals surface area contributed by atoms with Crippen molar-refractivity contribution in [3.8, 4) is 17.2 Å². The largest absolute Gasteiger partial charge is 0.488 e. The molecule has 112 valence electrons. The van der Waals surface area contributed by atoms with Gasteiger partial charge in [-0.15, -0.1) is 11.3 Å². The van der Waals surface area contributed by atoms with Crippen LogP contribution in [0.2, 0.25) is 0 Å². The topological polar surface area (TPSA) is 52.6 Å². The zero-order valence-corrected chi connectivity index (χ0v) is 13.0. The summed E-state index contributed by atoms with van der Waals surface area (Å²) in [6, 6.07) is 3.89. The fourth-order valence-electron chi connectivity index (χ4n) is 2.12. The highest BCUT2D eigenvalue weighted by Gasteiger charge is 2.18. The summed E-state index contributed by atoms with van der Waals surface area (Å²) in [6.45, 7) is 6.50. The van der Waals surface area contributed by atoms with E-state index in [4.69, 9.17) is 14.2 Å². The monoisotopic (exact) mass is 306 g/mol. The summed E-state index contributed by atoms with van der Waals surface area (Å²) in [6.07, 6.45) is 1.86. The van der Waals surface area contributed by atoms with Crippen molar-refractivity contribution in [1.29, 1.82) is 0 Å². The fourth-order valence-corrected chi connectivity index (χ4v) is 2.83. The average molecular weight is 306 g/mol. The van der Waals surface area contributed by atoms with Gasteiger partial charge < -0.3 is 19.5 Å². The number of nitrogens with zero attached hydrogens (tertiary/aromatic N) is 1. The number of hydrogen-bond acceptors (Lipinski definition) is 6. The highest BCUT2D eigenvalue weighted by molar-refractivity contribution is 7.11. The molecular formula is C15H18N2O3S. The van der Waals surface area contributed by atoms with Gasteiger partial charge in [0.25, 0.3) is 0 Å². The van der Waals surface area contributed by atoms with Gasteiger partial charge in [0, 0.05) is 24.4 Å². The van der Waals surface area contributed by atoms with E-state index in [9.17, 15) is 0 Å². The van der Waals surface area contributed by atoms with Crippen LogP contribution in [0.4, 0.5) is 0 Å². The van der Waals surface area contributed by atoms with Gasteiger partial charge in [0.15, 0.2) is 11.5 Å². The van der Waals surface area contributed by atoms with E-state index in [1.54, 1.807) is 11.3 Å². The highest BCUT2D eigenvalue weighted by Crippen LogP contribution is 2.38. The van der Waals surface area contributed by atoms with Gasteiger partial charge in [-0.1, -0.05) is 6.92 Å². The summed E-state index contributed by atoms with van der Waals surface area (Å²) < 4.78 is 16.8. The number of nitrogens with one attached hydrogen (secondary N) is 1. The SMILES string of the molecule is CCNCc1cc2c(cc1OCc1cnc(C)s1)OCO2. The molecule has 1 aromatic heterocycles. The van der Waals surface area contributed by atoms with E-state index in [-0.39, 0.29) is 6.79 Å². The molecule has 6 heteroatoms. The van der Waals surface area contributed by atoms with Crippen LogP contribution in [0.3, 0.4) is 0 Å². The third-order valence-electron chi connectivity index (χ3n) is 3.16. The molecule has 0 saturated heterocycles. The van der Waals surface area contributed by atoms with Crippen LogP contribution < -0.4 is 19.5 Å². The average Bonchev–Trinajstić information content (AvgIpc) is 3.10. The van der Waals surface area contributed by atoms with E-state index < -0.39 is 0 Å². The molecule has 1 aliphatic heterocycles. The van der Waals surface area contributed by atoms with Crippen LogP contribution in [0.15, 0.2) is 18.3 Å². The summed E-state index contributed by atoms with van der Waals surface area (Å²) in [5.41, 5.74) is 1.07. The Balaban J connectivity index is 1.78.